The van der Waals surface area contributed by atoms with Crippen LogP contribution < -0.4 is 4.74 Å². The zero-order valence-electron chi connectivity index (χ0n) is 15.3. The Labute approximate surface area is 145 Å². The molecule has 1 amide bonds. The number of likely N-dealkylation sites (tertiary alicyclic amines) is 1. The Bertz CT molecular complexity index is 560. The summed E-state index contributed by atoms with van der Waals surface area (Å²) in [6.07, 6.45) is 2.68. The molecule has 1 aromatic rings. The molecule has 1 saturated heterocycles. The molecule has 0 bridgehead atoms. The van der Waals surface area contributed by atoms with Crippen LogP contribution >= 0.6 is 0 Å². The third-order valence-corrected chi connectivity index (χ3v) is 4.96. The van der Waals surface area contributed by atoms with Crippen molar-refractivity contribution in [2.24, 2.45) is 5.92 Å². The molecule has 5 heteroatoms. The molecule has 0 spiro atoms. The fraction of sp³-hybridized carbons (Fsp3) is 0.632. The van der Waals surface area contributed by atoms with Crippen LogP contribution in [-0.4, -0.2) is 67.8 Å². The molecule has 0 unspecified atom stereocenters. The van der Waals surface area contributed by atoms with E-state index < -0.39 is 0 Å². The van der Waals surface area contributed by atoms with Gasteiger partial charge in [0, 0.05) is 25.7 Å². The minimum atomic E-state index is 0.0399. The summed E-state index contributed by atoms with van der Waals surface area (Å²) in [5.41, 5.74) is 1.71. The van der Waals surface area contributed by atoms with Crippen molar-refractivity contribution in [1.82, 2.24) is 9.80 Å². The number of rotatable bonds is 6. The highest BCUT2D eigenvalue weighted by Crippen LogP contribution is 2.28. The van der Waals surface area contributed by atoms with Gasteiger partial charge in [-0.3, -0.25) is 4.79 Å². The maximum atomic E-state index is 13.0. The van der Waals surface area contributed by atoms with Gasteiger partial charge in [-0.25, -0.2) is 0 Å². The van der Waals surface area contributed by atoms with E-state index in [4.69, 9.17) is 9.84 Å². The Hall–Kier alpha value is -1.59. The molecular formula is C19H30N2O3. The molecule has 1 aliphatic rings. The monoisotopic (exact) mass is 334 g/mol. The molecular weight excluding hydrogens is 304 g/mol. The summed E-state index contributed by atoms with van der Waals surface area (Å²) in [7, 11) is 5.79. The lowest BCUT2D eigenvalue weighted by Gasteiger charge is -2.41. The van der Waals surface area contributed by atoms with Crippen LogP contribution in [-0.2, 0) is 0 Å². The van der Waals surface area contributed by atoms with Gasteiger partial charge < -0.3 is 19.6 Å². The lowest BCUT2D eigenvalue weighted by molar-refractivity contribution is 0.0493. The van der Waals surface area contributed by atoms with Gasteiger partial charge in [0.05, 0.1) is 12.7 Å². The van der Waals surface area contributed by atoms with Gasteiger partial charge in [-0.15, -0.1) is 0 Å². The highest BCUT2D eigenvalue weighted by Gasteiger charge is 2.33. The molecule has 2 atom stereocenters. The van der Waals surface area contributed by atoms with E-state index in [0.29, 0.717) is 23.3 Å². The van der Waals surface area contributed by atoms with Crippen molar-refractivity contribution >= 4 is 5.91 Å². The summed E-state index contributed by atoms with van der Waals surface area (Å²) in [4.78, 5) is 17.2. The topological polar surface area (TPSA) is 53.0 Å². The molecule has 1 N–H and O–H groups in total. The van der Waals surface area contributed by atoms with Crippen molar-refractivity contribution in [3.8, 4) is 5.75 Å². The number of aryl methyl sites for hydroxylation is 1. The first-order chi connectivity index (χ1) is 11.5. The van der Waals surface area contributed by atoms with Gasteiger partial charge in [0.2, 0.25) is 0 Å². The van der Waals surface area contributed by atoms with Crippen molar-refractivity contribution < 1.29 is 14.6 Å². The highest BCUT2D eigenvalue weighted by atomic mass is 16.5. The predicted octanol–water partition coefficient (Wildman–Crippen LogP) is 2.17. The first kappa shape index (κ1) is 18.7. The van der Waals surface area contributed by atoms with Crippen molar-refractivity contribution in [2.75, 3.05) is 40.9 Å². The molecule has 1 heterocycles. The predicted molar refractivity (Wildman–Crippen MR) is 95.5 cm³/mol. The molecule has 24 heavy (non-hydrogen) atoms. The Morgan fingerprint density at radius 2 is 2.17 bits per heavy atom. The molecule has 1 aromatic carbocycles. The van der Waals surface area contributed by atoms with E-state index in [9.17, 15) is 4.79 Å². The molecule has 2 rings (SSSR count). The van der Waals surface area contributed by atoms with Crippen LogP contribution in [0.15, 0.2) is 18.2 Å². The SMILES string of the molecule is COc1cc(C)ccc1C(=O)N1CC[C@@H](N(C)C)[C@@H](CCCO)C1. The number of amides is 1. The number of methoxy groups -OCH3 is 1. The van der Waals surface area contributed by atoms with Crippen LogP contribution in [0.25, 0.3) is 0 Å². The van der Waals surface area contributed by atoms with Crippen LogP contribution in [0.1, 0.15) is 35.2 Å². The summed E-state index contributed by atoms with van der Waals surface area (Å²) in [5.74, 6) is 1.07. The Balaban J connectivity index is 2.15. The van der Waals surface area contributed by atoms with E-state index in [1.165, 1.54) is 0 Å². The molecule has 1 fully saturated rings. The Morgan fingerprint density at radius 1 is 1.42 bits per heavy atom. The molecule has 0 aliphatic carbocycles. The summed E-state index contributed by atoms with van der Waals surface area (Å²) in [6.45, 7) is 3.69. The molecule has 1 aliphatic heterocycles. The summed E-state index contributed by atoms with van der Waals surface area (Å²) in [6, 6.07) is 6.17. The van der Waals surface area contributed by atoms with Gasteiger partial charge in [0.25, 0.3) is 5.91 Å². The lowest BCUT2D eigenvalue weighted by Crippen LogP contribution is -2.50. The largest absolute Gasteiger partial charge is 0.496 e. The van der Waals surface area contributed by atoms with Crippen molar-refractivity contribution in [3.63, 3.8) is 0 Å². The standard InChI is InChI=1S/C19H30N2O3/c1-14-7-8-16(18(12-14)24-4)19(23)21-10-9-17(20(2)3)15(13-21)6-5-11-22/h7-8,12,15,17,22H,5-6,9-11,13H2,1-4H3/t15-,17+/m0/s1. The number of aliphatic hydroxyl groups is 1. The number of aliphatic hydroxyl groups excluding tert-OH is 1. The number of ether oxygens (including phenoxy) is 1. The van der Waals surface area contributed by atoms with Crippen LogP contribution in [0.4, 0.5) is 0 Å². The van der Waals surface area contributed by atoms with Crippen molar-refractivity contribution in [2.45, 2.75) is 32.2 Å². The van der Waals surface area contributed by atoms with Gasteiger partial charge in [0.1, 0.15) is 5.75 Å². The van der Waals surface area contributed by atoms with Gasteiger partial charge in [0.15, 0.2) is 0 Å². The number of hydrogen-bond acceptors (Lipinski definition) is 4. The zero-order valence-corrected chi connectivity index (χ0v) is 15.3. The second-order valence-corrected chi connectivity index (χ2v) is 6.90. The van der Waals surface area contributed by atoms with E-state index in [2.05, 4.69) is 19.0 Å². The summed E-state index contributed by atoms with van der Waals surface area (Å²) >= 11 is 0. The molecule has 134 valence electrons. The van der Waals surface area contributed by atoms with Gasteiger partial charge in [-0.2, -0.15) is 0 Å². The van der Waals surface area contributed by atoms with Crippen LogP contribution in [0.2, 0.25) is 0 Å². The third-order valence-electron chi connectivity index (χ3n) is 4.96. The number of carbonyl (C=O) groups is 1. The maximum absolute atomic E-state index is 13.0. The van der Waals surface area contributed by atoms with E-state index >= 15 is 0 Å². The molecule has 0 saturated carbocycles. The maximum Gasteiger partial charge on any atom is 0.257 e. The first-order valence-electron chi connectivity index (χ1n) is 8.69. The average molecular weight is 334 g/mol. The van der Waals surface area contributed by atoms with Gasteiger partial charge in [-0.05, 0) is 63.9 Å². The highest BCUT2D eigenvalue weighted by molar-refractivity contribution is 5.97. The van der Waals surface area contributed by atoms with E-state index in [-0.39, 0.29) is 12.5 Å². The number of carbonyl (C=O) groups excluding carboxylic acids is 1. The second-order valence-electron chi connectivity index (χ2n) is 6.90. The van der Waals surface area contributed by atoms with E-state index in [1.807, 2.05) is 30.0 Å². The lowest BCUT2D eigenvalue weighted by atomic mass is 9.87. The van der Waals surface area contributed by atoms with Gasteiger partial charge in [-0.1, -0.05) is 6.07 Å². The van der Waals surface area contributed by atoms with Crippen molar-refractivity contribution in [3.05, 3.63) is 29.3 Å². The number of benzene rings is 1. The quantitative estimate of drug-likeness (QED) is 0.866. The number of nitrogens with zero attached hydrogens (tertiary/aromatic N) is 2. The molecule has 0 radical (unpaired) electrons. The van der Waals surface area contributed by atoms with Crippen LogP contribution in [0.5, 0.6) is 5.75 Å². The average Bonchev–Trinajstić information content (AvgIpc) is 2.58. The zero-order chi connectivity index (χ0) is 17.7. The third kappa shape index (κ3) is 4.28. The van der Waals surface area contributed by atoms with E-state index in [0.717, 1.165) is 37.9 Å². The van der Waals surface area contributed by atoms with Crippen LogP contribution in [0.3, 0.4) is 0 Å². The summed E-state index contributed by atoms with van der Waals surface area (Å²) < 4.78 is 5.40. The minimum Gasteiger partial charge on any atom is -0.496 e. The van der Waals surface area contributed by atoms with E-state index in [1.54, 1.807) is 7.11 Å². The normalized spacial score (nSPS) is 21.2. The second kappa shape index (κ2) is 8.49. The van der Waals surface area contributed by atoms with Gasteiger partial charge >= 0.3 is 0 Å². The van der Waals surface area contributed by atoms with Crippen LogP contribution in [0, 0.1) is 12.8 Å². The first-order valence-corrected chi connectivity index (χ1v) is 8.69. The smallest absolute Gasteiger partial charge is 0.257 e. The molecule has 5 nitrogen and oxygen atoms in total. The molecule has 0 aromatic heterocycles. The number of piperidine rings is 1. The Kier molecular flexibility index (Phi) is 6.63. The Morgan fingerprint density at radius 3 is 2.79 bits per heavy atom. The number of hydrogen-bond donors (Lipinski definition) is 1. The minimum absolute atomic E-state index is 0.0399. The fourth-order valence-electron chi connectivity index (χ4n) is 3.67. The van der Waals surface area contributed by atoms with Crippen molar-refractivity contribution in [1.29, 1.82) is 0 Å². The fourth-order valence-corrected chi connectivity index (χ4v) is 3.67. The summed E-state index contributed by atoms with van der Waals surface area (Å²) in [5, 5.41) is 9.16.